The van der Waals surface area contributed by atoms with Crippen molar-refractivity contribution >= 4 is 17.5 Å². The number of carbonyl (C=O) groups excluding carboxylic acids is 1. The van der Waals surface area contributed by atoms with Crippen molar-refractivity contribution in [3.05, 3.63) is 28.5 Å². The average Bonchev–Trinajstić information content (AvgIpc) is 2.44. The fourth-order valence-corrected chi connectivity index (χ4v) is 2.14. The van der Waals surface area contributed by atoms with Crippen molar-refractivity contribution in [1.29, 1.82) is 0 Å². The van der Waals surface area contributed by atoms with E-state index in [0.717, 1.165) is 18.5 Å². The fraction of sp³-hybridized carbons (Fsp3) is 0.600. The molecule has 0 unspecified atom stereocenters. The number of amides is 1. The molecule has 20 heavy (non-hydrogen) atoms. The maximum absolute atomic E-state index is 12.1. The molecule has 112 valence electrons. The van der Waals surface area contributed by atoms with Gasteiger partial charge >= 0.3 is 0 Å². The zero-order valence-electron chi connectivity index (χ0n) is 12.4. The number of halogens is 1. The molecular formula is C15H23ClN2O2. The minimum absolute atomic E-state index is 0.230. The van der Waals surface area contributed by atoms with Crippen LogP contribution in [0.25, 0.3) is 0 Å². The van der Waals surface area contributed by atoms with Gasteiger partial charge in [0.15, 0.2) is 0 Å². The Morgan fingerprint density at radius 2 is 2.00 bits per heavy atom. The maximum Gasteiger partial charge on any atom is 0.251 e. The largest absolute Gasteiger partial charge is 0.388 e. The molecule has 0 aliphatic rings. The number of carbonyl (C=O) groups is 1. The molecular weight excluding hydrogens is 276 g/mol. The summed E-state index contributed by atoms with van der Waals surface area (Å²) in [5, 5.41) is 13.2. The molecule has 1 aromatic rings. The highest BCUT2D eigenvalue weighted by molar-refractivity contribution is 6.29. The Kier molecular flexibility index (Phi) is 6.43. The van der Waals surface area contributed by atoms with E-state index in [1.165, 1.54) is 0 Å². The summed E-state index contributed by atoms with van der Waals surface area (Å²) in [6.45, 7) is 6.09. The first-order valence-corrected chi connectivity index (χ1v) is 7.49. The van der Waals surface area contributed by atoms with Crippen LogP contribution in [0, 0.1) is 0 Å². The number of rotatable bonds is 7. The van der Waals surface area contributed by atoms with Crippen LogP contribution in [-0.4, -0.2) is 28.1 Å². The highest BCUT2D eigenvalue weighted by atomic mass is 35.5. The van der Waals surface area contributed by atoms with Crippen LogP contribution in [0.4, 0.5) is 0 Å². The summed E-state index contributed by atoms with van der Waals surface area (Å²) in [6, 6.07) is 3.30. The van der Waals surface area contributed by atoms with Crippen LogP contribution in [0.5, 0.6) is 0 Å². The number of nitrogens with one attached hydrogen (secondary N) is 1. The van der Waals surface area contributed by atoms with E-state index in [1.807, 2.05) is 20.8 Å². The third kappa shape index (κ3) is 4.76. The number of nitrogens with zero attached hydrogens (tertiary/aromatic N) is 1. The molecule has 0 atom stereocenters. The lowest BCUT2D eigenvalue weighted by atomic mass is 9.97. The first kappa shape index (κ1) is 16.9. The van der Waals surface area contributed by atoms with Gasteiger partial charge in [-0.3, -0.25) is 4.79 Å². The molecule has 0 radical (unpaired) electrons. The van der Waals surface area contributed by atoms with E-state index in [4.69, 9.17) is 11.6 Å². The van der Waals surface area contributed by atoms with Crippen molar-refractivity contribution in [3.8, 4) is 0 Å². The predicted octanol–water partition coefficient (Wildman–Crippen LogP) is 2.97. The number of aromatic nitrogens is 1. The van der Waals surface area contributed by atoms with Crippen molar-refractivity contribution < 1.29 is 9.90 Å². The van der Waals surface area contributed by atoms with E-state index >= 15 is 0 Å². The van der Waals surface area contributed by atoms with Crippen LogP contribution in [0.3, 0.4) is 0 Å². The zero-order chi connectivity index (χ0) is 15.2. The Morgan fingerprint density at radius 3 is 2.55 bits per heavy atom. The Labute approximate surface area is 125 Å². The van der Waals surface area contributed by atoms with Crippen LogP contribution >= 0.6 is 11.6 Å². The molecule has 2 N–H and O–H groups in total. The van der Waals surface area contributed by atoms with Crippen molar-refractivity contribution in [1.82, 2.24) is 10.3 Å². The molecule has 4 nitrogen and oxygen atoms in total. The number of aliphatic hydroxyl groups is 1. The van der Waals surface area contributed by atoms with E-state index < -0.39 is 5.60 Å². The van der Waals surface area contributed by atoms with E-state index in [1.54, 1.807) is 12.1 Å². The summed E-state index contributed by atoms with van der Waals surface area (Å²) in [4.78, 5) is 16.3. The number of hydrogen-bond donors (Lipinski definition) is 2. The lowest BCUT2D eigenvalue weighted by Crippen LogP contribution is -2.42. The Bertz CT molecular complexity index is 459. The van der Waals surface area contributed by atoms with Gasteiger partial charge in [0.25, 0.3) is 5.91 Å². The maximum atomic E-state index is 12.1. The Morgan fingerprint density at radius 1 is 1.35 bits per heavy atom. The third-order valence-electron chi connectivity index (χ3n) is 3.51. The van der Waals surface area contributed by atoms with E-state index in [2.05, 4.69) is 10.3 Å². The number of pyridine rings is 1. The van der Waals surface area contributed by atoms with Crippen molar-refractivity contribution in [2.45, 2.75) is 52.1 Å². The van der Waals surface area contributed by atoms with Gasteiger partial charge in [0, 0.05) is 17.8 Å². The molecule has 0 bridgehead atoms. The molecule has 0 fully saturated rings. The second-order valence-electron chi connectivity index (χ2n) is 5.03. The van der Waals surface area contributed by atoms with Gasteiger partial charge < -0.3 is 10.4 Å². The molecule has 0 aromatic carbocycles. The molecule has 1 rings (SSSR count). The van der Waals surface area contributed by atoms with Crippen LogP contribution in [-0.2, 0) is 6.42 Å². The Hall–Kier alpha value is -1.13. The predicted molar refractivity (Wildman–Crippen MR) is 81.1 cm³/mol. The summed E-state index contributed by atoms with van der Waals surface area (Å²) >= 11 is 5.93. The highest BCUT2D eigenvalue weighted by Crippen LogP contribution is 2.15. The van der Waals surface area contributed by atoms with Crippen molar-refractivity contribution in [2.75, 3.05) is 6.54 Å². The SMILES string of the molecule is CCCc1cc(C(=O)NCC(O)(CC)CC)cc(Cl)n1. The highest BCUT2D eigenvalue weighted by Gasteiger charge is 2.23. The summed E-state index contributed by atoms with van der Waals surface area (Å²) in [6.07, 6.45) is 2.93. The van der Waals surface area contributed by atoms with E-state index in [0.29, 0.717) is 23.6 Å². The molecule has 1 amide bonds. The molecule has 0 spiro atoms. The van der Waals surface area contributed by atoms with Crippen LogP contribution in [0.15, 0.2) is 12.1 Å². The van der Waals surface area contributed by atoms with Gasteiger partial charge in [0.1, 0.15) is 5.15 Å². The van der Waals surface area contributed by atoms with E-state index in [9.17, 15) is 9.90 Å². The quantitative estimate of drug-likeness (QED) is 0.761. The molecule has 1 heterocycles. The monoisotopic (exact) mass is 298 g/mol. The molecule has 0 saturated carbocycles. The van der Waals surface area contributed by atoms with Crippen LogP contribution < -0.4 is 5.32 Å². The lowest BCUT2D eigenvalue weighted by molar-refractivity contribution is 0.0314. The number of hydrogen-bond acceptors (Lipinski definition) is 3. The van der Waals surface area contributed by atoms with Crippen LogP contribution in [0.2, 0.25) is 5.15 Å². The first-order chi connectivity index (χ1) is 9.44. The van der Waals surface area contributed by atoms with Gasteiger partial charge in [-0.2, -0.15) is 0 Å². The molecule has 0 aliphatic carbocycles. The van der Waals surface area contributed by atoms with Crippen molar-refractivity contribution in [2.24, 2.45) is 0 Å². The van der Waals surface area contributed by atoms with Gasteiger partial charge in [-0.1, -0.05) is 38.8 Å². The molecule has 0 aliphatic heterocycles. The second kappa shape index (κ2) is 7.60. The van der Waals surface area contributed by atoms with Gasteiger partial charge in [0.05, 0.1) is 5.60 Å². The third-order valence-corrected chi connectivity index (χ3v) is 3.70. The van der Waals surface area contributed by atoms with Crippen LogP contribution in [0.1, 0.15) is 56.1 Å². The summed E-state index contributed by atoms with van der Waals surface area (Å²) in [7, 11) is 0. The Balaban J connectivity index is 2.77. The van der Waals surface area contributed by atoms with Crippen molar-refractivity contribution in [3.63, 3.8) is 0 Å². The molecule has 0 saturated heterocycles. The molecule has 5 heteroatoms. The number of aryl methyl sites for hydroxylation is 1. The molecule has 1 aromatic heterocycles. The average molecular weight is 299 g/mol. The van der Waals surface area contributed by atoms with Gasteiger partial charge in [0.2, 0.25) is 0 Å². The first-order valence-electron chi connectivity index (χ1n) is 7.11. The van der Waals surface area contributed by atoms with Gasteiger partial charge in [-0.25, -0.2) is 4.98 Å². The van der Waals surface area contributed by atoms with E-state index in [-0.39, 0.29) is 12.5 Å². The minimum Gasteiger partial charge on any atom is -0.388 e. The minimum atomic E-state index is -0.848. The summed E-state index contributed by atoms with van der Waals surface area (Å²) in [5.41, 5.74) is 0.452. The second-order valence-corrected chi connectivity index (χ2v) is 5.42. The normalized spacial score (nSPS) is 11.4. The van der Waals surface area contributed by atoms with Gasteiger partial charge in [-0.05, 0) is 31.4 Å². The lowest BCUT2D eigenvalue weighted by Gasteiger charge is -2.25. The standard InChI is InChI=1S/C15H23ClN2O2/c1-4-7-12-8-11(9-13(16)18-12)14(19)17-10-15(20,5-2)6-3/h8-9,20H,4-7,10H2,1-3H3,(H,17,19). The smallest absolute Gasteiger partial charge is 0.251 e. The summed E-state index contributed by atoms with van der Waals surface area (Å²) < 4.78 is 0. The zero-order valence-corrected chi connectivity index (χ0v) is 13.1. The fourth-order valence-electron chi connectivity index (χ4n) is 1.91. The van der Waals surface area contributed by atoms with Gasteiger partial charge in [-0.15, -0.1) is 0 Å². The summed E-state index contributed by atoms with van der Waals surface area (Å²) in [5.74, 6) is -0.230. The topological polar surface area (TPSA) is 62.2 Å².